The average Bonchev–Trinajstić information content (AvgIpc) is 2.54. The fourth-order valence-electron chi connectivity index (χ4n) is 1.76. The summed E-state index contributed by atoms with van der Waals surface area (Å²) in [5.74, 6) is 0. The van der Waals surface area contributed by atoms with Gasteiger partial charge in [-0.1, -0.05) is 36.4 Å². The highest BCUT2D eigenvalue weighted by atomic mass is 32.2. The van der Waals surface area contributed by atoms with Gasteiger partial charge in [-0.05, 0) is 42.8 Å². The number of hydrogen-bond acceptors (Lipinski definition) is 3. The third kappa shape index (κ3) is 4.51. The molecule has 0 bridgehead atoms. The molecule has 0 N–H and O–H groups in total. The van der Waals surface area contributed by atoms with Crippen LogP contribution in [0.2, 0.25) is 0 Å². The monoisotopic (exact) mass is 332 g/mol. The standard InChI is InChI=1S/C17H16O3S2/c1-15(12-13-21(18)16-8-4-2-5-9-16)14-22(19,20)17-10-6-3-7-11-17/h2-14H,1H3/b13-12+,15-14+. The maximum atomic E-state index is 12.2. The van der Waals surface area contributed by atoms with Crippen molar-refractivity contribution in [2.24, 2.45) is 0 Å². The first-order valence-corrected chi connectivity index (χ1v) is 9.37. The van der Waals surface area contributed by atoms with Crippen LogP contribution in [0.15, 0.2) is 92.9 Å². The summed E-state index contributed by atoms with van der Waals surface area (Å²) >= 11 is 0. The lowest BCUT2D eigenvalue weighted by molar-refractivity contribution is 0.604. The normalized spacial score (nSPS) is 14.1. The molecule has 1 unspecified atom stereocenters. The zero-order valence-electron chi connectivity index (χ0n) is 12.0. The van der Waals surface area contributed by atoms with Crippen LogP contribution in [0.1, 0.15) is 6.92 Å². The summed E-state index contributed by atoms with van der Waals surface area (Å²) in [5.41, 5.74) is 0.521. The summed E-state index contributed by atoms with van der Waals surface area (Å²) in [4.78, 5) is 0.921. The van der Waals surface area contributed by atoms with E-state index in [9.17, 15) is 12.6 Å². The van der Waals surface area contributed by atoms with E-state index < -0.39 is 20.6 Å². The van der Waals surface area contributed by atoms with Crippen LogP contribution in [-0.2, 0) is 20.6 Å². The van der Waals surface area contributed by atoms with Crippen molar-refractivity contribution < 1.29 is 12.6 Å². The van der Waals surface area contributed by atoms with E-state index in [-0.39, 0.29) is 4.90 Å². The molecule has 5 heteroatoms. The molecule has 0 radical (unpaired) electrons. The minimum atomic E-state index is -3.48. The predicted octanol–water partition coefficient (Wildman–Crippen LogP) is 3.69. The Balaban J connectivity index is 2.16. The Morgan fingerprint density at radius 3 is 2.09 bits per heavy atom. The van der Waals surface area contributed by atoms with Gasteiger partial charge >= 0.3 is 0 Å². The molecule has 3 nitrogen and oxygen atoms in total. The summed E-state index contributed by atoms with van der Waals surface area (Å²) < 4.78 is 36.4. The number of benzene rings is 2. The molecule has 0 fully saturated rings. The van der Waals surface area contributed by atoms with Gasteiger partial charge in [0.15, 0.2) is 9.84 Å². The van der Waals surface area contributed by atoms with Crippen molar-refractivity contribution in [3.8, 4) is 0 Å². The van der Waals surface area contributed by atoms with E-state index in [1.165, 1.54) is 10.8 Å². The number of sulfone groups is 1. The van der Waals surface area contributed by atoms with Crippen LogP contribution in [-0.4, -0.2) is 12.6 Å². The lowest BCUT2D eigenvalue weighted by atomic mass is 10.4. The summed E-state index contributed by atoms with van der Waals surface area (Å²) in [6.45, 7) is 1.67. The summed E-state index contributed by atoms with van der Waals surface area (Å²) in [5, 5.41) is 2.67. The van der Waals surface area contributed by atoms with Gasteiger partial charge in [0.1, 0.15) is 0 Å². The Hall–Kier alpha value is -1.98. The molecule has 2 aromatic carbocycles. The van der Waals surface area contributed by atoms with Crippen LogP contribution >= 0.6 is 0 Å². The zero-order chi connectivity index (χ0) is 16.0. The Morgan fingerprint density at radius 1 is 0.955 bits per heavy atom. The molecule has 0 aliphatic rings. The molecule has 0 aliphatic carbocycles. The van der Waals surface area contributed by atoms with Crippen LogP contribution in [0, 0.1) is 0 Å². The Morgan fingerprint density at radius 2 is 1.50 bits per heavy atom. The highest BCUT2D eigenvalue weighted by Crippen LogP contribution is 2.14. The second-order valence-electron chi connectivity index (χ2n) is 4.63. The van der Waals surface area contributed by atoms with E-state index in [2.05, 4.69) is 0 Å². The van der Waals surface area contributed by atoms with Gasteiger partial charge in [0.05, 0.1) is 15.7 Å². The van der Waals surface area contributed by atoms with E-state index in [4.69, 9.17) is 0 Å². The molecular formula is C17H16O3S2. The van der Waals surface area contributed by atoms with Crippen molar-refractivity contribution in [3.05, 3.63) is 83.1 Å². The van der Waals surface area contributed by atoms with Gasteiger partial charge in [-0.15, -0.1) is 0 Å². The second kappa shape index (κ2) is 7.33. The SMILES string of the molecule is CC(/C=C/S(=O)c1ccccc1)=C\S(=O)(=O)c1ccccc1. The third-order valence-corrected chi connectivity index (χ3v) is 5.57. The second-order valence-corrected chi connectivity index (χ2v) is 7.77. The molecular weight excluding hydrogens is 316 g/mol. The van der Waals surface area contributed by atoms with Crippen LogP contribution in [0.4, 0.5) is 0 Å². The van der Waals surface area contributed by atoms with Gasteiger partial charge in [0.25, 0.3) is 0 Å². The molecule has 2 rings (SSSR count). The Bertz CT molecular complexity index is 805. The first kappa shape index (κ1) is 16.4. The van der Waals surface area contributed by atoms with Gasteiger partial charge in [0, 0.05) is 15.7 Å². The fraction of sp³-hybridized carbons (Fsp3) is 0.0588. The molecule has 0 saturated carbocycles. The van der Waals surface area contributed by atoms with Gasteiger partial charge in [-0.2, -0.15) is 0 Å². The molecule has 0 heterocycles. The molecule has 0 aromatic heterocycles. The van der Waals surface area contributed by atoms with Crippen molar-refractivity contribution in [3.63, 3.8) is 0 Å². The summed E-state index contributed by atoms with van der Waals surface area (Å²) in [7, 11) is -4.78. The van der Waals surface area contributed by atoms with E-state index in [0.29, 0.717) is 10.5 Å². The van der Waals surface area contributed by atoms with Crippen LogP contribution < -0.4 is 0 Å². The number of hydrogen-bond donors (Lipinski definition) is 0. The maximum absolute atomic E-state index is 12.2. The van der Waals surface area contributed by atoms with E-state index in [0.717, 1.165) is 0 Å². The van der Waals surface area contributed by atoms with Gasteiger partial charge < -0.3 is 0 Å². The largest absolute Gasteiger partial charge is 0.250 e. The summed E-state index contributed by atoms with van der Waals surface area (Å²) in [6, 6.07) is 17.2. The van der Waals surface area contributed by atoms with Crippen molar-refractivity contribution in [2.45, 2.75) is 16.7 Å². The fourth-order valence-corrected chi connectivity index (χ4v) is 3.93. The minimum absolute atomic E-state index is 0.243. The summed E-state index contributed by atoms with van der Waals surface area (Å²) in [6.07, 6.45) is 1.56. The highest BCUT2D eigenvalue weighted by molar-refractivity contribution is 7.94. The zero-order valence-corrected chi connectivity index (χ0v) is 13.7. The Kier molecular flexibility index (Phi) is 5.46. The van der Waals surface area contributed by atoms with E-state index >= 15 is 0 Å². The van der Waals surface area contributed by atoms with Gasteiger partial charge in [-0.3, -0.25) is 0 Å². The van der Waals surface area contributed by atoms with Crippen molar-refractivity contribution in [1.29, 1.82) is 0 Å². The molecule has 1 atom stereocenters. The smallest absolute Gasteiger partial charge is 0.200 e. The van der Waals surface area contributed by atoms with E-state index in [1.807, 2.05) is 18.2 Å². The minimum Gasteiger partial charge on any atom is -0.250 e. The molecule has 0 saturated heterocycles. The van der Waals surface area contributed by atoms with Gasteiger partial charge in [-0.25, -0.2) is 12.6 Å². The lowest BCUT2D eigenvalue weighted by Crippen LogP contribution is -1.96. The average molecular weight is 332 g/mol. The highest BCUT2D eigenvalue weighted by Gasteiger charge is 2.09. The molecule has 114 valence electrons. The molecule has 2 aromatic rings. The van der Waals surface area contributed by atoms with Crippen molar-refractivity contribution in [1.82, 2.24) is 0 Å². The molecule has 0 amide bonds. The number of rotatable bonds is 5. The number of allylic oxidation sites excluding steroid dienone is 2. The predicted molar refractivity (Wildman–Crippen MR) is 89.4 cm³/mol. The quantitative estimate of drug-likeness (QED) is 0.785. The van der Waals surface area contributed by atoms with Crippen LogP contribution in [0.5, 0.6) is 0 Å². The molecule has 0 spiro atoms. The third-order valence-electron chi connectivity index (χ3n) is 2.84. The van der Waals surface area contributed by atoms with Gasteiger partial charge in [0.2, 0.25) is 0 Å². The maximum Gasteiger partial charge on any atom is 0.200 e. The molecule has 0 aliphatic heterocycles. The first-order chi connectivity index (χ1) is 10.5. The van der Waals surface area contributed by atoms with Crippen molar-refractivity contribution in [2.75, 3.05) is 0 Å². The molecule has 22 heavy (non-hydrogen) atoms. The van der Waals surface area contributed by atoms with Crippen LogP contribution in [0.3, 0.4) is 0 Å². The first-order valence-electron chi connectivity index (χ1n) is 6.61. The lowest BCUT2D eigenvalue weighted by Gasteiger charge is -2.00. The Labute approximate surface area is 133 Å². The van der Waals surface area contributed by atoms with E-state index in [1.54, 1.807) is 55.5 Å². The van der Waals surface area contributed by atoms with Crippen molar-refractivity contribution >= 4 is 20.6 Å². The van der Waals surface area contributed by atoms with Crippen LogP contribution in [0.25, 0.3) is 0 Å². The topological polar surface area (TPSA) is 51.2 Å².